The van der Waals surface area contributed by atoms with E-state index in [4.69, 9.17) is 9.47 Å². The Kier molecular flexibility index (Phi) is 4.46. The molecule has 0 aliphatic heterocycles. The fourth-order valence-corrected chi connectivity index (χ4v) is 1.90. The monoisotopic (exact) mass is 300 g/mol. The molecule has 0 aromatic heterocycles. The van der Waals surface area contributed by atoms with Gasteiger partial charge in [-0.05, 0) is 32.0 Å². The molecular weight excluding hydrogens is 284 g/mol. The standard InChI is InChI=1S/C17H16O5/c1-10(2)16(18)21-14-7-8-15(22-17(19)20-4)13-9-11(3)5-6-12(13)14/h5-9H,1H2,2-4H3. The van der Waals surface area contributed by atoms with E-state index < -0.39 is 12.1 Å². The molecule has 2 aromatic carbocycles. The molecule has 0 aliphatic rings. The fourth-order valence-electron chi connectivity index (χ4n) is 1.90. The first-order chi connectivity index (χ1) is 10.4. The minimum Gasteiger partial charge on any atom is -0.437 e. The van der Waals surface area contributed by atoms with E-state index in [0.29, 0.717) is 27.8 Å². The third kappa shape index (κ3) is 3.25. The van der Waals surface area contributed by atoms with E-state index in [1.54, 1.807) is 25.1 Å². The van der Waals surface area contributed by atoms with E-state index in [0.717, 1.165) is 5.56 Å². The van der Waals surface area contributed by atoms with Crippen LogP contribution in [0.3, 0.4) is 0 Å². The van der Waals surface area contributed by atoms with Crippen molar-refractivity contribution in [2.24, 2.45) is 0 Å². The van der Waals surface area contributed by atoms with Crippen LogP contribution in [0.4, 0.5) is 4.79 Å². The summed E-state index contributed by atoms with van der Waals surface area (Å²) >= 11 is 0. The molecule has 0 atom stereocenters. The number of benzene rings is 2. The van der Waals surface area contributed by atoms with Crippen LogP contribution >= 0.6 is 0 Å². The van der Waals surface area contributed by atoms with Crippen molar-refractivity contribution in [3.63, 3.8) is 0 Å². The van der Waals surface area contributed by atoms with Gasteiger partial charge in [0.1, 0.15) is 11.5 Å². The largest absolute Gasteiger partial charge is 0.513 e. The van der Waals surface area contributed by atoms with Gasteiger partial charge in [-0.2, -0.15) is 0 Å². The average Bonchev–Trinajstić information content (AvgIpc) is 2.49. The smallest absolute Gasteiger partial charge is 0.437 e. The molecule has 0 unspecified atom stereocenters. The molecule has 0 fully saturated rings. The number of fused-ring (bicyclic) bond motifs is 1. The second-order valence-electron chi connectivity index (χ2n) is 4.84. The lowest BCUT2D eigenvalue weighted by atomic mass is 10.1. The Labute approximate surface area is 128 Å². The predicted molar refractivity (Wildman–Crippen MR) is 82.2 cm³/mol. The number of hydrogen-bond acceptors (Lipinski definition) is 5. The summed E-state index contributed by atoms with van der Waals surface area (Å²) in [5.74, 6) is 0.199. The quantitative estimate of drug-likeness (QED) is 0.373. The second-order valence-corrected chi connectivity index (χ2v) is 4.84. The Morgan fingerprint density at radius 1 is 1.00 bits per heavy atom. The topological polar surface area (TPSA) is 61.8 Å². The zero-order valence-corrected chi connectivity index (χ0v) is 12.6. The molecule has 0 amide bonds. The molecule has 0 heterocycles. The molecule has 0 bridgehead atoms. The van der Waals surface area contributed by atoms with Crippen molar-refractivity contribution in [3.8, 4) is 11.5 Å². The molecule has 0 radical (unpaired) electrons. The summed E-state index contributed by atoms with van der Waals surface area (Å²) < 4.78 is 14.9. The molecule has 2 aromatic rings. The Balaban J connectivity index is 2.53. The van der Waals surface area contributed by atoms with E-state index in [-0.39, 0.29) is 0 Å². The van der Waals surface area contributed by atoms with Gasteiger partial charge in [0, 0.05) is 16.3 Å². The van der Waals surface area contributed by atoms with Crippen molar-refractivity contribution in [1.82, 2.24) is 0 Å². The van der Waals surface area contributed by atoms with Gasteiger partial charge in [-0.25, -0.2) is 9.59 Å². The van der Waals surface area contributed by atoms with Crippen LogP contribution in [0.1, 0.15) is 12.5 Å². The highest BCUT2D eigenvalue weighted by atomic mass is 16.7. The summed E-state index contributed by atoms with van der Waals surface area (Å²) in [5, 5.41) is 1.30. The van der Waals surface area contributed by atoms with Gasteiger partial charge in [-0.3, -0.25) is 0 Å². The minimum atomic E-state index is -0.811. The van der Waals surface area contributed by atoms with E-state index >= 15 is 0 Å². The highest BCUT2D eigenvalue weighted by Gasteiger charge is 2.14. The molecule has 0 spiro atoms. The molecule has 0 N–H and O–H groups in total. The number of ether oxygens (including phenoxy) is 3. The number of methoxy groups -OCH3 is 1. The number of hydrogen-bond donors (Lipinski definition) is 0. The molecule has 0 saturated heterocycles. The first kappa shape index (κ1) is 15.6. The number of rotatable bonds is 3. The van der Waals surface area contributed by atoms with Crippen molar-refractivity contribution < 1.29 is 23.8 Å². The lowest BCUT2D eigenvalue weighted by molar-refractivity contribution is -0.129. The maximum atomic E-state index is 11.7. The first-order valence-corrected chi connectivity index (χ1v) is 6.59. The SMILES string of the molecule is C=C(C)C(=O)Oc1ccc(OC(=O)OC)c2cc(C)ccc12. The van der Waals surface area contributed by atoms with E-state index in [1.807, 2.05) is 19.1 Å². The van der Waals surface area contributed by atoms with Gasteiger partial charge >= 0.3 is 12.1 Å². The van der Waals surface area contributed by atoms with Gasteiger partial charge in [0.25, 0.3) is 0 Å². The van der Waals surface area contributed by atoms with Crippen LogP contribution in [0.25, 0.3) is 10.8 Å². The lowest BCUT2D eigenvalue weighted by Gasteiger charge is -2.12. The van der Waals surface area contributed by atoms with Gasteiger partial charge in [0.05, 0.1) is 7.11 Å². The molecule has 0 saturated carbocycles. The zero-order valence-electron chi connectivity index (χ0n) is 12.6. The highest BCUT2D eigenvalue weighted by molar-refractivity contribution is 5.98. The normalized spacial score (nSPS) is 10.1. The summed E-state index contributed by atoms with van der Waals surface area (Å²) in [6.45, 7) is 7.04. The van der Waals surface area contributed by atoms with Gasteiger partial charge in [0.15, 0.2) is 0 Å². The van der Waals surface area contributed by atoms with Crippen LogP contribution in [0.15, 0.2) is 42.5 Å². The van der Waals surface area contributed by atoms with E-state index in [9.17, 15) is 9.59 Å². The van der Waals surface area contributed by atoms with Crippen LogP contribution < -0.4 is 9.47 Å². The lowest BCUT2D eigenvalue weighted by Crippen LogP contribution is -2.10. The maximum absolute atomic E-state index is 11.7. The molecule has 5 heteroatoms. The van der Waals surface area contributed by atoms with E-state index in [2.05, 4.69) is 11.3 Å². The summed E-state index contributed by atoms with van der Waals surface area (Å²) in [4.78, 5) is 23.0. The van der Waals surface area contributed by atoms with Crippen molar-refractivity contribution in [1.29, 1.82) is 0 Å². The Hall–Kier alpha value is -2.82. The first-order valence-electron chi connectivity index (χ1n) is 6.59. The molecule has 114 valence electrons. The number of aryl methyl sites for hydroxylation is 1. The number of esters is 1. The molecule has 22 heavy (non-hydrogen) atoms. The molecule has 5 nitrogen and oxygen atoms in total. The Bertz CT molecular complexity index is 761. The summed E-state index contributed by atoms with van der Waals surface area (Å²) in [5.41, 5.74) is 1.28. The van der Waals surface area contributed by atoms with Gasteiger partial charge in [0.2, 0.25) is 0 Å². The predicted octanol–water partition coefficient (Wildman–Crippen LogP) is 3.77. The number of carbonyl (C=O) groups is 2. The van der Waals surface area contributed by atoms with E-state index in [1.165, 1.54) is 7.11 Å². The van der Waals surface area contributed by atoms with Crippen molar-refractivity contribution in [3.05, 3.63) is 48.0 Å². The zero-order chi connectivity index (χ0) is 16.3. The van der Waals surface area contributed by atoms with Gasteiger partial charge < -0.3 is 14.2 Å². The molecular formula is C17H16O5. The van der Waals surface area contributed by atoms with Crippen molar-refractivity contribution in [2.45, 2.75) is 13.8 Å². The summed E-state index contributed by atoms with van der Waals surface area (Å²) in [6.07, 6.45) is -0.811. The van der Waals surface area contributed by atoms with Crippen LogP contribution in [0.5, 0.6) is 11.5 Å². The Morgan fingerprint density at radius 2 is 1.64 bits per heavy atom. The summed E-state index contributed by atoms with van der Waals surface area (Å²) in [6, 6.07) is 8.64. The van der Waals surface area contributed by atoms with Crippen LogP contribution in [-0.2, 0) is 9.53 Å². The summed E-state index contributed by atoms with van der Waals surface area (Å²) in [7, 11) is 1.23. The minimum absolute atomic E-state index is 0.301. The number of carbonyl (C=O) groups excluding carboxylic acids is 2. The third-order valence-electron chi connectivity index (χ3n) is 3.00. The average molecular weight is 300 g/mol. The maximum Gasteiger partial charge on any atom is 0.513 e. The molecule has 2 rings (SSSR count). The van der Waals surface area contributed by atoms with Gasteiger partial charge in [-0.1, -0.05) is 24.3 Å². The highest BCUT2D eigenvalue weighted by Crippen LogP contribution is 2.34. The van der Waals surface area contributed by atoms with Crippen molar-refractivity contribution in [2.75, 3.05) is 7.11 Å². The second kappa shape index (κ2) is 6.30. The fraction of sp³-hybridized carbons (Fsp3) is 0.176. The van der Waals surface area contributed by atoms with Gasteiger partial charge in [-0.15, -0.1) is 0 Å². The van der Waals surface area contributed by atoms with Crippen molar-refractivity contribution >= 4 is 22.9 Å². The third-order valence-corrected chi connectivity index (χ3v) is 3.00. The van der Waals surface area contributed by atoms with Crippen LogP contribution in [-0.4, -0.2) is 19.2 Å². The van der Waals surface area contributed by atoms with Crippen LogP contribution in [0, 0.1) is 6.92 Å². The molecule has 0 aliphatic carbocycles. The Morgan fingerprint density at radius 3 is 2.23 bits per heavy atom. The van der Waals surface area contributed by atoms with Crippen LogP contribution in [0.2, 0.25) is 0 Å².